The van der Waals surface area contributed by atoms with E-state index < -0.39 is 0 Å². The molecule has 0 amide bonds. The maximum atomic E-state index is 4.63. The number of benzene rings is 2. The van der Waals surface area contributed by atoms with Gasteiger partial charge in [0.15, 0.2) is 4.34 Å². The van der Waals surface area contributed by atoms with E-state index in [1.807, 2.05) is 43.3 Å². The van der Waals surface area contributed by atoms with Crippen molar-refractivity contribution in [3.8, 4) is 0 Å². The van der Waals surface area contributed by atoms with Gasteiger partial charge in [-0.25, -0.2) is 0 Å². The topological polar surface area (TPSA) is 88.5 Å². The first-order valence-corrected chi connectivity index (χ1v) is 11.7. The summed E-state index contributed by atoms with van der Waals surface area (Å²) >= 11 is 2.89. The first-order chi connectivity index (χ1) is 15.1. The van der Waals surface area contributed by atoms with E-state index >= 15 is 0 Å². The summed E-state index contributed by atoms with van der Waals surface area (Å²) in [6, 6.07) is 16.3. The van der Waals surface area contributed by atoms with Crippen LogP contribution < -0.4 is 10.6 Å². The smallest absolute Gasteiger partial charge is 0.233 e. The minimum Gasteiger partial charge on any atom is -0.324 e. The third kappa shape index (κ3) is 5.36. The Morgan fingerprint density at radius 1 is 0.774 bits per heavy atom. The monoisotopic (exact) mass is 449 g/mol. The molecule has 0 aliphatic carbocycles. The fourth-order valence-corrected chi connectivity index (χ4v) is 4.72. The molecule has 0 fully saturated rings. The van der Waals surface area contributed by atoms with Gasteiger partial charge in [-0.2, -0.15) is 15.0 Å². The van der Waals surface area contributed by atoms with Crippen molar-refractivity contribution in [2.75, 3.05) is 10.6 Å². The van der Waals surface area contributed by atoms with Gasteiger partial charge in [0.1, 0.15) is 5.01 Å². The number of anilines is 4. The SMILES string of the molecule is CCc1ccccc1Nc1nc(Nc2ccccc2CC)nc(Sc2nnc(C)s2)n1. The van der Waals surface area contributed by atoms with Crippen molar-refractivity contribution in [1.29, 1.82) is 0 Å². The Kier molecular flexibility index (Phi) is 6.73. The molecule has 2 aromatic heterocycles. The zero-order valence-electron chi connectivity index (χ0n) is 17.6. The first kappa shape index (κ1) is 21.2. The Hall–Kier alpha value is -3.04. The summed E-state index contributed by atoms with van der Waals surface area (Å²) in [6.07, 6.45) is 1.82. The molecule has 7 nitrogen and oxygen atoms in total. The normalized spacial score (nSPS) is 10.8. The number of aryl methyl sites for hydroxylation is 3. The summed E-state index contributed by atoms with van der Waals surface area (Å²) in [5.41, 5.74) is 4.36. The third-order valence-corrected chi connectivity index (χ3v) is 6.35. The first-order valence-electron chi connectivity index (χ1n) is 10.1. The van der Waals surface area contributed by atoms with Crippen molar-refractivity contribution >= 4 is 46.4 Å². The molecule has 0 atom stereocenters. The number of hydrogen-bond acceptors (Lipinski definition) is 9. The highest BCUT2D eigenvalue weighted by Crippen LogP contribution is 2.30. The minimum atomic E-state index is 0.483. The van der Waals surface area contributed by atoms with E-state index in [4.69, 9.17) is 0 Å². The van der Waals surface area contributed by atoms with E-state index in [2.05, 4.69) is 61.8 Å². The van der Waals surface area contributed by atoms with Crippen LogP contribution in [0.1, 0.15) is 30.0 Å². The maximum Gasteiger partial charge on any atom is 0.233 e. The fraction of sp³-hybridized carbons (Fsp3) is 0.227. The van der Waals surface area contributed by atoms with E-state index in [1.54, 1.807) is 0 Å². The van der Waals surface area contributed by atoms with Gasteiger partial charge < -0.3 is 10.6 Å². The van der Waals surface area contributed by atoms with Crippen LogP contribution in [0.2, 0.25) is 0 Å². The molecule has 0 bridgehead atoms. The predicted molar refractivity (Wildman–Crippen MR) is 127 cm³/mol. The van der Waals surface area contributed by atoms with Crippen molar-refractivity contribution in [1.82, 2.24) is 25.1 Å². The highest BCUT2D eigenvalue weighted by Gasteiger charge is 2.13. The van der Waals surface area contributed by atoms with E-state index in [0.717, 1.165) is 33.6 Å². The molecular weight excluding hydrogens is 426 g/mol. The molecule has 0 saturated carbocycles. The second-order valence-electron chi connectivity index (χ2n) is 6.73. The average molecular weight is 450 g/mol. The summed E-state index contributed by atoms with van der Waals surface area (Å²) in [6.45, 7) is 6.18. The Morgan fingerprint density at radius 2 is 1.32 bits per heavy atom. The number of nitrogens with zero attached hydrogens (tertiary/aromatic N) is 5. The second kappa shape index (κ2) is 9.84. The number of hydrogen-bond donors (Lipinski definition) is 2. The molecule has 0 radical (unpaired) electrons. The van der Waals surface area contributed by atoms with Gasteiger partial charge in [-0.3, -0.25) is 0 Å². The predicted octanol–water partition coefficient (Wildman–Crippen LogP) is 5.79. The molecular formula is C22H23N7S2. The lowest BCUT2D eigenvalue weighted by Crippen LogP contribution is -2.07. The van der Waals surface area contributed by atoms with Gasteiger partial charge >= 0.3 is 0 Å². The summed E-state index contributed by atoms with van der Waals surface area (Å²) in [5, 5.41) is 16.4. The number of nitrogens with one attached hydrogen (secondary N) is 2. The van der Waals surface area contributed by atoms with Crippen molar-refractivity contribution in [2.45, 2.75) is 43.1 Å². The van der Waals surface area contributed by atoms with Gasteiger partial charge in [0.05, 0.1) is 0 Å². The Bertz CT molecular complexity index is 1110. The van der Waals surface area contributed by atoms with Crippen LogP contribution in [0.25, 0.3) is 0 Å². The van der Waals surface area contributed by atoms with Gasteiger partial charge in [0, 0.05) is 11.4 Å². The lowest BCUT2D eigenvalue weighted by Gasteiger charge is -2.13. The van der Waals surface area contributed by atoms with E-state index in [9.17, 15) is 0 Å². The molecule has 4 aromatic rings. The molecule has 0 saturated heterocycles. The van der Waals surface area contributed by atoms with E-state index in [1.165, 1.54) is 34.2 Å². The molecule has 0 aliphatic rings. The van der Waals surface area contributed by atoms with Crippen LogP contribution in [0.5, 0.6) is 0 Å². The molecule has 9 heteroatoms. The molecule has 31 heavy (non-hydrogen) atoms. The van der Waals surface area contributed by atoms with Gasteiger partial charge in [-0.15, -0.1) is 10.2 Å². The zero-order chi connectivity index (χ0) is 21.6. The van der Waals surface area contributed by atoms with Crippen LogP contribution in [0, 0.1) is 6.92 Å². The van der Waals surface area contributed by atoms with Crippen molar-refractivity contribution < 1.29 is 0 Å². The van der Waals surface area contributed by atoms with Gasteiger partial charge in [0.2, 0.25) is 17.1 Å². The molecule has 2 N–H and O–H groups in total. The molecule has 4 rings (SSSR count). The molecule has 158 valence electrons. The number of para-hydroxylation sites is 2. The molecule has 0 aliphatic heterocycles. The highest BCUT2D eigenvalue weighted by atomic mass is 32.2. The van der Waals surface area contributed by atoms with Gasteiger partial charge in [-0.1, -0.05) is 61.6 Å². The van der Waals surface area contributed by atoms with Crippen molar-refractivity contribution in [2.24, 2.45) is 0 Å². The zero-order valence-corrected chi connectivity index (χ0v) is 19.2. The van der Waals surface area contributed by atoms with Crippen molar-refractivity contribution in [3.63, 3.8) is 0 Å². The van der Waals surface area contributed by atoms with Crippen LogP contribution >= 0.6 is 23.1 Å². The molecule has 2 heterocycles. The lowest BCUT2D eigenvalue weighted by molar-refractivity contribution is 0.912. The third-order valence-electron chi connectivity index (χ3n) is 4.59. The second-order valence-corrected chi connectivity index (χ2v) is 9.12. The quantitative estimate of drug-likeness (QED) is 0.349. The summed E-state index contributed by atoms with van der Waals surface area (Å²) in [7, 11) is 0. The van der Waals surface area contributed by atoms with E-state index in [-0.39, 0.29) is 0 Å². The summed E-state index contributed by atoms with van der Waals surface area (Å²) < 4.78 is 0.795. The standard InChI is InChI=1S/C22H23N7S2/c1-4-15-10-6-8-12-17(15)23-19-25-20(24-18-13-9-7-11-16(18)5-2)27-21(26-19)31-22-29-28-14(3)30-22/h6-13H,4-5H2,1-3H3,(H2,23,24,25,26,27). The molecule has 0 unspecified atom stereocenters. The van der Waals surface area contributed by atoms with Crippen molar-refractivity contribution in [3.05, 3.63) is 64.7 Å². The Morgan fingerprint density at radius 3 is 1.81 bits per heavy atom. The summed E-state index contributed by atoms with van der Waals surface area (Å²) in [5.74, 6) is 0.965. The highest BCUT2D eigenvalue weighted by molar-refractivity contribution is 8.00. The lowest BCUT2D eigenvalue weighted by atomic mass is 10.1. The summed E-state index contributed by atoms with van der Waals surface area (Å²) in [4.78, 5) is 13.9. The van der Waals surface area contributed by atoms with Crippen LogP contribution in [0.3, 0.4) is 0 Å². The average Bonchev–Trinajstić information content (AvgIpc) is 3.18. The van der Waals surface area contributed by atoms with Crippen LogP contribution in [-0.2, 0) is 12.8 Å². The van der Waals surface area contributed by atoms with Crippen LogP contribution in [0.15, 0.2) is 58.0 Å². The largest absolute Gasteiger partial charge is 0.324 e. The maximum absolute atomic E-state index is 4.63. The van der Waals surface area contributed by atoms with Crippen LogP contribution in [0.4, 0.5) is 23.3 Å². The minimum absolute atomic E-state index is 0.483. The fourth-order valence-electron chi connectivity index (χ4n) is 3.05. The number of aromatic nitrogens is 5. The Labute approximate surface area is 189 Å². The Balaban J connectivity index is 1.69. The van der Waals surface area contributed by atoms with Gasteiger partial charge in [-0.05, 0) is 54.8 Å². The molecule has 0 spiro atoms. The van der Waals surface area contributed by atoms with Gasteiger partial charge in [0.25, 0.3) is 0 Å². The molecule has 2 aromatic carbocycles. The number of rotatable bonds is 8. The van der Waals surface area contributed by atoms with E-state index in [0.29, 0.717) is 17.1 Å². The van der Waals surface area contributed by atoms with Crippen LogP contribution in [-0.4, -0.2) is 25.1 Å².